The van der Waals surface area contributed by atoms with Crippen molar-refractivity contribution in [3.63, 3.8) is 0 Å². The van der Waals surface area contributed by atoms with Crippen LogP contribution in [-0.4, -0.2) is 48.1 Å². The molecule has 4 rings (SSSR count). The van der Waals surface area contributed by atoms with Gasteiger partial charge in [0.25, 0.3) is 5.91 Å². The second-order valence-corrected chi connectivity index (χ2v) is 11.2. The number of ether oxygens (including phenoxy) is 2. The van der Waals surface area contributed by atoms with Gasteiger partial charge in [-0.05, 0) is 113 Å². The highest BCUT2D eigenvalue weighted by molar-refractivity contribution is 6.04. The maximum Gasteiger partial charge on any atom is 0.319 e. The van der Waals surface area contributed by atoms with Crippen LogP contribution in [0.25, 0.3) is 0 Å². The Hall–Kier alpha value is -4.04. The molecule has 0 radical (unpaired) electrons. The van der Waals surface area contributed by atoms with E-state index in [0.29, 0.717) is 34.5 Å². The number of benzene rings is 3. The van der Waals surface area contributed by atoms with Gasteiger partial charge in [-0.1, -0.05) is 19.9 Å². The van der Waals surface area contributed by atoms with Crippen LogP contribution in [0.3, 0.4) is 0 Å². The molecule has 0 aromatic heterocycles. The van der Waals surface area contributed by atoms with Crippen molar-refractivity contribution in [1.29, 1.82) is 0 Å². The predicted octanol–water partition coefficient (Wildman–Crippen LogP) is 7.60. The van der Waals surface area contributed by atoms with E-state index in [2.05, 4.69) is 34.7 Å². The van der Waals surface area contributed by atoms with Crippen LogP contribution >= 0.6 is 0 Å². The van der Waals surface area contributed by atoms with Crippen molar-refractivity contribution in [3.05, 3.63) is 77.9 Å². The van der Waals surface area contributed by atoms with Gasteiger partial charge < -0.3 is 25.4 Å². The summed E-state index contributed by atoms with van der Waals surface area (Å²) >= 11 is 0. The molecule has 1 atom stereocenters. The average Bonchev–Trinajstić information content (AvgIpc) is 2.98. The molecule has 42 heavy (non-hydrogen) atoms. The molecule has 1 aliphatic heterocycles. The number of aryl methyl sites for hydroxylation is 1. The number of hydrogen-bond acceptors (Lipinski definition) is 5. The number of amides is 3. The highest BCUT2D eigenvalue weighted by Crippen LogP contribution is 2.29. The number of hydrogen-bond donors (Lipinski definition) is 3. The predicted molar refractivity (Wildman–Crippen MR) is 169 cm³/mol. The fourth-order valence-corrected chi connectivity index (χ4v) is 5.06. The number of urea groups is 1. The Balaban J connectivity index is 1.31. The first-order valence-corrected chi connectivity index (χ1v) is 15.0. The number of likely N-dealkylation sites (tertiary alicyclic amines) is 1. The number of piperidine rings is 1. The number of nitrogens with zero attached hydrogens (tertiary/aromatic N) is 1. The Labute approximate surface area is 249 Å². The fourth-order valence-electron chi connectivity index (χ4n) is 5.06. The Kier molecular flexibility index (Phi) is 10.8. The molecule has 0 saturated carbocycles. The van der Waals surface area contributed by atoms with Crippen molar-refractivity contribution in [1.82, 2.24) is 10.2 Å². The fraction of sp³-hybridized carbons (Fsp3) is 0.412. The molecule has 8 heteroatoms. The molecular formula is C34H44N4O4. The summed E-state index contributed by atoms with van der Waals surface area (Å²) in [5, 5.41) is 8.81. The monoisotopic (exact) mass is 572 g/mol. The minimum atomic E-state index is -0.235. The zero-order valence-electron chi connectivity index (χ0n) is 25.4. The van der Waals surface area contributed by atoms with Gasteiger partial charge in [0.1, 0.15) is 23.4 Å². The summed E-state index contributed by atoms with van der Waals surface area (Å²) in [6.07, 6.45) is 4.10. The van der Waals surface area contributed by atoms with Crippen LogP contribution in [-0.2, 0) is 0 Å². The Morgan fingerprint density at radius 1 is 0.929 bits per heavy atom. The molecule has 1 unspecified atom stereocenters. The molecule has 224 valence electrons. The third kappa shape index (κ3) is 8.73. The topological polar surface area (TPSA) is 91.9 Å². The van der Waals surface area contributed by atoms with Crippen LogP contribution in [0.1, 0.15) is 69.3 Å². The van der Waals surface area contributed by atoms with E-state index in [1.807, 2.05) is 69.3 Å². The average molecular weight is 573 g/mol. The largest absolute Gasteiger partial charge is 0.489 e. The molecule has 3 N–H and O–H groups in total. The minimum absolute atomic E-state index is 0.141. The van der Waals surface area contributed by atoms with E-state index in [4.69, 9.17) is 9.47 Å². The highest BCUT2D eigenvalue weighted by atomic mass is 16.5. The molecule has 3 amide bonds. The normalized spacial score (nSPS) is 15.4. The van der Waals surface area contributed by atoms with Gasteiger partial charge in [0.15, 0.2) is 0 Å². The Bertz CT molecular complexity index is 1340. The van der Waals surface area contributed by atoms with Crippen molar-refractivity contribution in [2.24, 2.45) is 0 Å². The first kappa shape index (κ1) is 30.9. The SMILES string of the molecule is CCC(CC)NC(=O)Nc1cccc(Oc2ccc(NC(=O)c3ccc(OC4CCCN(C(C)C)C4)cc3)cc2C)c1. The number of nitrogens with one attached hydrogen (secondary N) is 3. The lowest BCUT2D eigenvalue weighted by atomic mass is 10.1. The molecule has 8 nitrogen and oxygen atoms in total. The lowest BCUT2D eigenvalue weighted by Gasteiger charge is -2.35. The van der Waals surface area contributed by atoms with Crippen molar-refractivity contribution in [2.45, 2.75) is 78.5 Å². The Morgan fingerprint density at radius 3 is 2.36 bits per heavy atom. The van der Waals surface area contributed by atoms with Crippen molar-refractivity contribution in [2.75, 3.05) is 23.7 Å². The number of anilines is 2. The number of carbonyl (C=O) groups is 2. The van der Waals surface area contributed by atoms with Gasteiger partial charge in [0, 0.05) is 41.6 Å². The zero-order valence-corrected chi connectivity index (χ0v) is 25.4. The second kappa shape index (κ2) is 14.7. The van der Waals surface area contributed by atoms with Crippen LogP contribution in [0.5, 0.6) is 17.2 Å². The number of carbonyl (C=O) groups excluding carboxylic acids is 2. The molecule has 0 bridgehead atoms. The molecule has 0 spiro atoms. The zero-order chi connectivity index (χ0) is 30.1. The summed E-state index contributed by atoms with van der Waals surface area (Å²) in [5.74, 6) is 1.85. The smallest absolute Gasteiger partial charge is 0.319 e. The van der Waals surface area contributed by atoms with Gasteiger partial charge in [0.05, 0.1) is 0 Å². The standard InChI is InChI=1S/C34H44N4O4/c1-6-26(7-2)36-34(40)37-27-10-8-11-30(21-27)42-32-18-15-28(20-24(32)5)35-33(39)25-13-16-29(17-14-25)41-31-12-9-19-38(22-31)23(3)4/h8,10-11,13-18,20-21,23,26,31H,6-7,9,12,19,22H2,1-5H3,(H,35,39)(H2,36,37,40). The van der Waals surface area contributed by atoms with E-state index >= 15 is 0 Å². The molecule has 0 aliphatic carbocycles. The van der Waals surface area contributed by atoms with E-state index < -0.39 is 0 Å². The van der Waals surface area contributed by atoms with E-state index in [-0.39, 0.29) is 24.1 Å². The summed E-state index contributed by atoms with van der Waals surface area (Å²) in [6, 6.07) is 20.5. The number of rotatable bonds is 11. The molecular weight excluding hydrogens is 528 g/mol. The Morgan fingerprint density at radius 2 is 1.67 bits per heavy atom. The van der Waals surface area contributed by atoms with Crippen LogP contribution < -0.4 is 25.4 Å². The first-order chi connectivity index (χ1) is 20.2. The molecule has 1 fully saturated rings. The first-order valence-electron chi connectivity index (χ1n) is 15.0. The van der Waals surface area contributed by atoms with Gasteiger partial charge in [0.2, 0.25) is 0 Å². The summed E-state index contributed by atoms with van der Waals surface area (Å²) < 4.78 is 12.3. The van der Waals surface area contributed by atoms with Crippen LogP contribution in [0.4, 0.5) is 16.2 Å². The van der Waals surface area contributed by atoms with Gasteiger partial charge in [-0.2, -0.15) is 0 Å². The van der Waals surface area contributed by atoms with Gasteiger partial charge in [-0.3, -0.25) is 9.69 Å². The van der Waals surface area contributed by atoms with Crippen molar-refractivity contribution >= 4 is 23.3 Å². The summed E-state index contributed by atoms with van der Waals surface area (Å²) in [7, 11) is 0. The van der Waals surface area contributed by atoms with Crippen molar-refractivity contribution in [3.8, 4) is 17.2 Å². The quantitative estimate of drug-likeness (QED) is 0.220. The summed E-state index contributed by atoms with van der Waals surface area (Å²) in [6.45, 7) is 12.5. The van der Waals surface area contributed by atoms with Gasteiger partial charge >= 0.3 is 6.03 Å². The maximum atomic E-state index is 12.9. The third-order valence-corrected chi connectivity index (χ3v) is 7.63. The third-order valence-electron chi connectivity index (χ3n) is 7.63. The maximum absolute atomic E-state index is 12.9. The molecule has 3 aromatic carbocycles. The van der Waals surface area contributed by atoms with E-state index in [1.165, 1.54) is 0 Å². The molecule has 3 aromatic rings. The molecule has 1 heterocycles. The highest BCUT2D eigenvalue weighted by Gasteiger charge is 2.23. The van der Waals surface area contributed by atoms with Crippen LogP contribution in [0.2, 0.25) is 0 Å². The molecule has 1 saturated heterocycles. The van der Waals surface area contributed by atoms with E-state index in [0.717, 1.165) is 50.1 Å². The van der Waals surface area contributed by atoms with Crippen LogP contribution in [0.15, 0.2) is 66.7 Å². The van der Waals surface area contributed by atoms with E-state index in [1.54, 1.807) is 18.2 Å². The lowest BCUT2D eigenvalue weighted by Crippen LogP contribution is -2.44. The van der Waals surface area contributed by atoms with Gasteiger partial charge in [-0.15, -0.1) is 0 Å². The molecule has 1 aliphatic rings. The van der Waals surface area contributed by atoms with Crippen molar-refractivity contribution < 1.29 is 19.1 Å². The van der Waals surface area contributed by atoms with E-state index in [9.17, 15) is 9.59 Å². The summed E-state index contributed by atoms with van der Waals surface area (Å²) in [4.78, 5) is 27.7. The second-order valence-electron chi connectivity index (χ2n) is 11.2. The van der Waals surface area contributed by atoms with Crippen LogP contribution in [0, 0.1) is 6.92 Å². The lowest BCUT2D eigenvalue weighted by molar-refractivity contribution is 0.0706. The van der Waals surface area contributed by atoms with Gasteiger partial charge in [-0.25, -0.2) is 4.79 Å². The summed E-state index contributed by atoms with van der Waals surface area (Å²) in [5.41, 5.74) is 2.74. The minimum Gasteiger partial charge on any atom is -0.489 e.